The lowest BCUT2D eigenvalue weighted by Crippen LogP contribution is -2.43. The molecule has 4 heteroatoms. The van der Waals surface area contributed by atoms with Crippen molar-refractivity contribution in [2.75, 3.05) is 6.61 Å². The molecule has 2 aromatic rings. The van der Waals surface area contributed by atoms with Gasteiger partial charge in [0.05, 0.1) is 12.3 Å². The number of hydrogen-bond acceptors (Lipinski definition) is 4. The average Bonchev–Trinajstić information content (AvgIpc) is 2.65. The summed E-state index contributed by atoms with van der Waals surface area (Å²) < 4.78 is 0. The zero-order valence-corrected chi connectivity index (χ0v) is 15.8. The van der Waals surface area contributed by atoms with Crippen LogP contribution in [0.1, 0.15) is 43.2 Å². The smallest absolute Gasteiger partial charge is 0.187 e. The third kappa shape index (κ3) is 3.71. The van der Waals surface area contributed by atoms with E-state index in [-0.39, 0.29) is 24.5 Å². The summed E-state index contributed by atoms with van der Waals surface area (Å²) in [5.41, 5.74) is 0.715. The topological polar surface area (TPSA) is 70.4 Å². The molecule has 0 bridgehead atoms. The number of aliphatic hydroxyl groups excluding tert-OH is 1. The van der Waals surface area contributed by atoms with Crippen LogP contribution < -0.4 is 0 Å². The van der Waals surface area contributed by atoms with Crippen LogP contribution in [0, 0.1) is 17.3 Å². The Kier molecular flexibility index (Phi) is 5.01. The van der Waals surface area contributed by atoms with Gasteiger partial charge in [-0.05, 0) is 24.6 Å². The summed E-state index contributed by atoms with van der Waals surface area (Å²) >= 11 is 0. The first-order valence-corrected chi connectivity index (χ1v) is 8.92. The number of carbonyl (C=O) groups excluding carboxylic acids is 1. The van der Waals surface area contributed by atoms with E-state index >= 15 is 0 Å². The van der Waals surface area contributed by atoms with E-state index in [0.717, 1.165) is 5.56 Å². The molecule has 0 fully saturated rings. The summed E-state index contributed by atoms with van der Waals surface area (Å²) in [6.45, 7) is 5.27. The number of Topliss-reactive ketones (excluding diaryl/α,β-unsaturated/α-hetero) is 1. The van der Waals surface area contributed by atoms with Crippen molar-refractivity contribution < 1.29 is 15.0 Å². The summed E-state index contributed by atoms with van der Waals surface area (Å²) in [7, 11) is 0. The number of carbonyl (C=O) groups is 1. The van der Waals surface area contributed by atoms with Gasteiger partial charge in [-0.15, -0.1) is 0 Å². The Labute approximate surface area is 159 Å². The van der Waals surface area contributed by atoms with Crippen LogP contribution in [0.15, 0.2) is 54.1 Å². The summed E-state index contributed by atoms with van der Waals surface area (Å²) in [6.07, 6.45) is 1.77. The molecule has 1 heterocycles. The Hall–Kier alpha value is -2.74. The Balaban J connectivity index is 2.15. The zero-order valence-electron chi connectivity index (χ0n) is 15.8. The van der Waals surface area contributed by atoms with E-state index in [1.807, 2.05) is 36.4 Å². The second-order valence-corrected chi connectivity index (χ2v) is 7.53. The average molecular weight is 361 g/mol. The van der Waals surface area contributed by atoms with Crippen molar-refractivity contribution in [2.45, 2.75) is 32.8 Å². The summed E-state index contributed by atoms with van der Waals surface area (Å²) in [5, 5.41) is 20.3. The molecule has 1 aliphatic carbocycles. The van der Waals surface area contributed by atoms with Crippen LogP contribution in [0.5, 0.6) is 0 Å². The number of fused-ring (bicyclic) bond motifs is 1. The maximum Gasteiger partial charge on any atom is 0.187 e. The maximum atomic E-state index is 13.0. The lowest BCUT2D eigenvalue weighted by molar-refractivity contribution is 0.0301. The molecule has 27 heavy (non-hydrogen) atoms. The number of aromatic nitrogens is 1. The first-order chi connectivity index (χ1) is 12.8. The molecule has 4 nitrogen and oxygen atoms in total. The number of benzene rings is 1. The molecule has 0 radical (unpaired) electrons. The lowest BCUT2D eigenvalue weighted by atomic mass is 9.67. The first-order valence-electron chi connectivity index (χ1n) is 8.92. The molecule has 1 aromatic heterocycles. The number of hydrogen-bond donors (Lipinski definition) is 2. The molecule has 0 amide bonds. The van der Waals surface area contributed by atoms with Gasteiger partial charge in [0.15, 0.2) is 11.4 Å². The Morgan fingerprint density at radius 2 is 1.93 bits per heavy atom. The molecule has 138 valence electrons. The number of ketones is 1. The normalized spacial score (nSPS) is 21.2. The van der Waals surface area contributed by atoms with Gasteiger partial charge in [0, 0.05) is 23.0 Å². The summed E-state index contributed by atoms with van der Waals surface area (Å²) in [5.74, 6) is 5.71. The van der Waals surface area contributed by atoms with E-state index in [9.17, 15) is 9.90 Å². The van der Waals surface area contributed by atoms with E-state index in [0.29, 0.717) is 16.8 Å². The third-order valence-electron chi connectivity index (χ3n) is 4.80. The first kappa shape index (κ1) is 19.0. The minimum absolute atomic E-state index is 0.0932. The van der Waals surface area contributed by atoms with Crippen molar-refractivity contribution in [3.63, 3.8) is 0 Å². The molecule has 1 unspecified atom stereocenters. The van der Waals surface area contributed by atoms with Crippen LogP contribution in [0.25, 0.3) is 11.3 Å². The highest BCUT2D eigenvalue weighted by molar-refractivity contribution is 6.02. The van der Waals surface area contributed by atoms with Crippen molar-refractivity contribution in [3.8, 4) is 23.1 Å². The highest BCUT2D eigenvalue weighted by Crippen LogP contribution is 2.44. The second kappa shape index (κ2) is 7.11. The maximum absolute atomic E-state index is 13.0. The number of rotatable bonds is 2. The summed E-state index contributed by atoms with van der Waals surface area (Å²) in [4.78, 5) is 17.6. The van der Waals surface area contributed by atoms with E-state index in [4.69, 9.17) is 5.11 Å². The highest BCUT2D eigenvalue weighted by atomic mass is 16.3. The number of allylic oxidation sites excluding steroid dienone is 1. The Morgan fingerprint density at radius 1 is 1.22 bits per heavy atom. The Bertz CT molecular complexity index is 964. The second-order valence-electron chi connectivity index (χ2n) is 7.53. The van der Waals surface area contributed by atoms with Crippen LogP contribution in [0.2, 0.25) is 0 Å². The number of pyridine rings is 1. The van der Waals surface area contributed by atoms with Gasteiger partial charge in [0.1, 0.15) is 5.69 Å². The van der Waals surface area contributed by atoms with Gasteiger partial charge in [-0.2, -0.15) is 0 Å². The minimum atomic E-state index is -1.47. The summed E-state index contributed by atoms with van der Waals surface area (Å²) in [6, 6.07) is 13.2. The predicted octanol–water partition coefficient (Wildman–Crippen LogP) is 3.49. The molecule has 1 aromatic carbocycles. The number of aliphatic hydroxyl groups is 2. The van der Waals surface area contributed by atoms with Crippen molar-refractivity contribution in [2.24, 2.45) is 5.41 Å². The van der Waals surface area contributed by atoms with Crippen LogP contribution in [-0.4, -0.2) is 27.6 Å². The number of nitrogens with zero attached hydrogens (tertiary/aromatic N) is 1. The van der Waals surface area contributed by atoms with Crippen molar-refractivity contribution in [1.82, 2.24) is 4.98 Å². The van der Waals surface area contributed by atoms with Gasteiger partial charge >= 0.3 is 0 Å². The molecular weight excluding hydrogens is 338 g/mol. The van der Waals surface area contributed by atoms with Crippen LogP contribution in [0.4, 0.5) is 0 Å². The lowest BCUT2D eigenvalue weighted by Gasteiger charge is -2.38. The molecular formula is C23H23NO3. The monoisotopic (exact) mass is 361 g/mol. The molecule has 0 saturated carbocycles. The highest BCUT2D eigenvalue weighted by Gasteiger charge is 2.47. The fourth-order valence-electron chi connectivity index (χ4n) is 3.37. The van der Waals surface area contributed by atoms with Gasteiger partial charge in [-0.3, -0.25) is 4.79 Å². The predicted molar refractivity (Wildman–Crippen MR) is 105 cm³/mol. The minimum Gasteiger partial charge on any atom is -0.392 e. The third-order valence-corrected chi connectivity index (χ3v) is 4.80. The van der Waals surface area contributed by atoms with E-state index < -0.39 is 11.0 Å². The van der Waals surface area contributed by atoms with Gasteiger partial charge in [-0.1, -0.05) is 62.1 Å². The van der Waals surface area contributed by atoms with E-state index in [1.165, 1.54) is 0 Å². The fraction of sp³-hybridized carbons (Fsp3) is 0.304. The van der Waals surface area contributed by atoms with E-state index in [1.54, 1.807) is 32.9 Å². The van der Waals surface area contributed by atoms with Gasteiger partial charge in [0.25, 0.3) is 0 Å². The van der Waals surface area contributed by atoms with Crippen LogP contribution in [-0.2, 0) is 5.60 Å². The van der Waals surface area contributed by atoms with Crippen molar-refractivity contribution in [1.29, 1.82) is 0 Å². The van der Waals surface area contributed by atoms with Gasteiger partial charge in [0.2, 0.25) is 0 Å². The largest absolute Gasteiger partial charge is 0.392 e. The van der Waals surface area contributed by atoms with E-state index in [2.05, 4.69) is 16.8 Å². The molecule has 3 rings (SSSR count). The molecule has 0 aliphatic heterocycles. The van der Waals surface area contributed by atoms with Crippen LogP contribution >= 0.6 is 0 Å². The zero-order chi connectivity index (χ0) is 19.7. The SMILES string of the molecule is C/C(C#CC1(O)CC(C)(C)C(=O)c2nc(-c3ccccc3)ccc21)=C/CO. The molecule has 1 aliphatic rings. The molecule has 2 N–H and O–H groups in total. The molecule has 0 spiro atoms. The van der Waals surface area contributed by atoms with Gasteiger partial charge in [-0.25, -0.2) is 4.98 Å². The quantitative estimate of drug-likeness (QED) is 0.804. The standard InChI is InChI=1S/C23H23NO3/c1-16(12-14-25)11-13-23(27)15-22(2,3)21(26)20-18(23)9-10-19(24-20)17-7-5-4-6-8-17/h4-10,12,25,27H,14-15H2,1-3H3/b16-12-. The molecule has 0 saturated heterocycles. The van der Waals surface area contributed by atoms with Gasteiger partial charge < -0.3 is 10.2 Å². The van der Waals surface area contributed by atoms with Crippen molar-refractivity contribution in [3.05, 3.63) is 65.4 Å². The Morgan fingerprint density at radius 3 is 2.59 bits per heavy atom. The van der Waals surface area contributed by atoms with Crippen molar-refractivity contribution >= 4 is 5.78 Å². The molecule has 1 atom stereocenters. The fourth-order valence-corrected chi connectivity index (χ4v) is 3.37. The van der Waals surface area contributed by atoms with Crippen LogP contribution in [0.3, 0.4) is 0 Å².